The highest BCUT2D eigenvalue weighted by molar-refractivity contribution is 5.42. The molecule has 3 nitrogen and oxygen atoms in total. The molecule has 0 bridgehead atoms. The van der Waals surface area contributed by atoms with E-state index in [0.717, 1.165) is 19.1 Å². The smallest absolute Gasteiger partial charge is 0.0503 e. The molecule has 1 atom stereocenters. The number of para-hydroxylation sites is 1. The number of anilines is 1. The SMILES string of the molecule is COCC1CCN(CCCNc2ccccc2)C1. The molecule has 1 aliphatic heterocycles. The van der Waals surface area contributed by atoms with Crippen LogP contribution in [-0.4, -0.2) is 44.8 Å². The number of rotatable bonds is 7. The predicted octanol–water partition coefficient (Wildman–Crippen LogP) is 2.46. The Bertz CT molecular complexity index is 329. The summed E-state index contributed by atoms with van der Waals surface area (Å²) in [5.74, 6) is 0.747. The molecular formula is C15H24N2O. The van der Waals surface area contributed by atoms with Crippen LogP contribution in [0.3, 0.4) is 0 Å². The largest absolute Gasteiger partial charge is 0.385 e. The second-order valence-electron chi connectivity index (χ2n) is 5.06. The van der Waals surface area contributed by atoms with E-state index in [1.807, 2.05) is 6.07 Å². The molecule has 1 saturated heterocycles. The van der Waals surface area contributed by atoms with Crippen LogP contribution in [0.2, 0.25) is 0 Å². The van der Waals surface area contributed by atoms with Gasteiger partial charge in [0.2, 0.25) is 0 Å². The zero-order valence-corrected chi connectivity index (χ0v) is 11.3. The average molecular weight is 248 g/mol. The fraction of sp³-hybridized carbons (Fsp3) is 0.600. The van der Waals surface area contributed by atoms with Gasteiger partial charge in [-0.1, -0.05) is 18.2 Å². The minimum absolute atomic E-state index is 0.747. The van der Waals surface area contributed by atoms with Gasteiger partial charge in [0.25, 0.3) is 0 Å². The molecule has 3 heteroatoms. The maximum Gasteiger partial charge on any atom is 0.0503 e. The molecule has 0 radical (unpaired) electrons. The van der Waals surface area contributed by atoms with Crippen molar-refractivity contribution in [2.45, 2.75) is 12.8 Å². The summed E-state index contributed by atoms with van der Waals surface area (Å²) in [6, 6.07) is 10.4. The summed E-state index contributed by atoms with van der Waals surface area (Å²) in [6.45, 7) is 5.60. The van der Waals surface area contributed by atoms with Crippen molar-refractivity contribution >= 4 is 5.69 Å². The average Bonchev–Trinajstić information content (AvgIpc) is 2.84. The fourth-order valence-corrected chi connectivity index (χ4v) is 2.58. The third-order valence-electron chi connectivity index (χ3n) is 3.53. The van der Waals surface area contributed by atoms with Crippen molar-refractivity contribution in [3.05, 3.63) is 30.3 Å². The van der Waals surface area contributed by atoms with Gasteiger partial charge < -0.3 is 15.0 Å². The molecule has 1 aromatic rings. The monoisotopic (exact) mass is 248 g/mol. The van der Waals surface area contributed by atoms with Gasteiger partial charge in [0.15, 0.2) is 0 Å². The fourth-order valence-electron chi connectivity index (χ4n) is 2.58. The topological polar surface area (TPSA) is 24.5 Å². The first-order valence-electron chi connectivity index (χ1n) is 6.88. The molecule has 1 heterocycles. The van der Waals surface area contributed by atoms with Crippen LogP contribution >= 0.6 is 0 Å². The lowest BCUT2D eigenvalue weighted by Gasteiger charge is -2.16. The van der Waals surface area contributed by atoms with Gasteiger partial charge in [0, 0.05) is 25.9 Å². The quantitative estimate of drug-likeness (QED) is 0.750. The molecule has 0 amide bonds. The van der Waals surface area contributed by atoms with Crippen LogP contribution in [0.25, 0.3) is 0 Å². The van der Waals surface area contributed by atoms with Crippen LogP contribution in [-0.2, 0) is 4.74 Å². The second-order valence-corrected chi connectivity index (χ2v) is 5.06. The highest BCUT2D eigenvalue weighted by Crippen LogP contribution is 2.16. The number of hydrogen-bond donors (Lipinski definition) is 1. The number of methoxy groups -OCH3 is 1. The number of nitrogens with one attached hydrogen (secondary N) is 1. The Hall–Kier alpha value is -1.06. The van der Waals surface area contributed by atoms with Gasteiger partial charge in [-0.25, -0.2) is 0 Å². The highest BCUT2D eigenvalue weighted by Gasteiger charge is 2.21. The summed E-state index contributed by atoms with van der Waals surface area (Å²) in [7, 11) is 1.80. The Labute approximate surface area is 110 Å². The standard InChI is InChI=1S/C15H24N2O/c1-18-13-14-8-11-17(12-14)10-5-9-16-15-6-3-2-4-7-15/h2-4,6-7,14,16H,5,8-13H2,1H3. The molecule has 0 aromatic heterocycles. The Balaban J connectivity index is 1.56. The van der Waals surface area contributed by atoms with Gasteiger partial charge in [-0.05, 0) is 44.0 Å². The van der Waals surface area contributed by atoms with Crippen molar-refractivity contribution in [1.82, 2.24) is 4.90 Å². The van der Waals surface area contributed by atoms with E-state index in [2.05, 4.69) is 34.5 Å². The summed E-state index contributed by atoms with van der Waals surface area (Å²) in [4.78, 5) is 2.55. The van der Waals surface area contributed by atoms with Crippen molar-refractivity contribution in [3.8, 4) is 0 Å². The molecule has 1 N–H and O–H groups in total. The van der Waals surface area contributed by atoms with Crippen LogP contribution in [0.1, 0.15) is 12.8 Å². The maximum absolute atomic E-state index is 5.22. The first kappa shape index (κ1) is 13.4. The van der Waals surface area contributed by atoms with E-state index in [0.29, 0.717) is 0 Å². The lowest BCUT2D eigenvalue weighted by molar-refractivity contribution is 0.153. The number of hydrogen-bond acceptors (Lipinski definition) is 3. The molecule has 18 heavy (non-hydrogen) atoms. The number of ether oxygens (including phenoxy) is 1. The van der Waals surface area contributed by atoms with Crippen LogP contribution in [0.4, 0.5) is 5.69 Å². The third kappa shape index (κ3) is 4.31. The van der Waals surface area contributed by atoms with Crippen molar-refractivity contribution in [2.24, 2.45) is 5.92 Å². The predicted molar refractivity (Wildman–Crippen MR) is 76.0 cm³/mol. The molecule has 0 spiro atoms. The Morgan fingerprint density at radius 3 is 2.94 bits per heavy atom. The molecule has 100 valence electrons. The minimum atomic E-state index is 0.747. The third-order valence-corrected chi connectivity index (χ3v) is 3.53. The van der Waals surface area contributed by atoms with Crippen LogP contribution < -0.4 is 5.32 Å². The maximum atomic E-state index is 5.22. The minimum Gasteiger partial charge on any atom is -0.385 e. The van der Waals surface area contributed by atoms with Crippen molar-refractivity contribution in [1.29, 1.82) is 0 Å². The first-order chi connectivity index (χ1) is 8.88. The summed E-state index contributed by atoms with van der Waals surface area (Å²) in [5.41, 5.74) is 1.22. The van der Waals surface area contributed by atoms with E-state index in [1.54, 1.807) is 7.11 Å². The van der Waals surface area contributed by atoms with Crippen molar-refractivity contribution in [3.63, 3.8) is 0 Å². The van der Waals surface area contributed by atoms with E-state index in [1.165, 1.54) is 38.2 Å². The first-order valence-corrected chi connectivity index (χ1v) is 6.88. The molecule has 1 fully saturated rings. The van der Waals surface area contributed by atoms with Crippen molar-refractivity contribution in [2.75, 3.05) is 45.2 Å². The van der Waals surface area contributed by atoms with E-state index in [9.17, 15) is 0 Å². The molecule has 0 saturated carbocycles. The van der Waals surface area contributed by atoms with Gasteiger partial charge in [-0.3, -0.25) is 0 Å². The second kappa shape index (κ2) is 7.39. The van der Waals surface area contributed by atoms with Gasteiger partial charge in [-0.2, -0.15) is 0 Å². The Kier molecular flexibility index (Phi) is 5.49. The lowest BCUT2D eigenvalue weighted by atomic mass is 10.1. The molecule has 2 rings (SSSR count). The molecule has 1 aliphatic rings. The summed E-state index contributed by atoms with van der Waals surface area (Å²) in [6.07, 6.45) is 2.49. The molecule has 1 aromatic carbocycles. The van der Waals surface area contributed by atoms with Crippen LogP contribution in [0.15, 0.2) is 30.3 Å². The zero-order chi connectivity index (χ0) is 12.6. The molecule has 1 unspecified atom stereocenters. The van der Waals surface area contributed by atoms with E-state index < -0.39 is 0 Å². The Morgan fingerprint density at radius 2 is 2.17 bits per heavy atom. The van der Waals surface area contributed by atoms with Gasteiger partial charge in [0.1, 0.15) is 0 Å². The zero-order valence-electron chi connectivity index (χ0n) is 11.3. The Morgan fingerprint density at radius 1 is 1.33 bits per heavy atom. The van der Waals surface area contributed by atoms with Gasteiger partial charge in [-0.15, -0.1) is 0 Å². The summed E-state index contributed by atoms with van der Waals surface area (Å²) < 4.78 is 5.22. The number of nitrogens with zero attached hydrogens (tertiary/aromatic N) is 1. The molecule has 0 aliphatic carbocycles. The van der Waals surface area contributed by atoms with Crippen molar-refractivity contribution < 1.29 is 4.74 Å². The number of likely N-dealkylation sites (tertiary alicyclic amines) is 1. The highest BCUT2D eigenvalue weighted by atomic mass is 16.5. The van der Waals surface area contributed by atoms with Crippen LogP contribution in [0.5, 0.6) is 0 Å². The normalized spacial score (nSPS) is 20.2. The van der Waals surface area contributed by atoms with E-state index in [4.69, 9.17) is 4.74 Å². The van der Waals surface area contributed by atoms with E-state index in [-0.39, 0.29) is 0 Å². The lowest BCUT2D eigenvalue weighted by Crippen LogP contribution is -2.24. The summed E-state index contributed by atoms with van der Waals surface area (Å²) >= 11 is 0. The van der Waals surface area contributed by atoms with Gasteiger partial charge >= 0.3 is 0 Å². The van der Waals surface area contributed by atoms with Crippen LogP contribution in [0, 0.1) is 5.92 Å². The van der Waals surface area contributed by atoms with E-state index >= 15 is 0 Å². The van der Waals surface area contributed by atoms with Gasteiger partial charge in [0.05, 0.1) is 6.61 Å². The number of benzene rings is 1. The molecular weight excluding hydrogens is 224 g/mol. The summed E-state index contributed by atoms with van der Waals surface area (Å²) in [5, 5.41) is 3.45.